The van der Waals surface area contributed by atoms with Gasteiger partial charge in [0, 0.05) is 15.8 Å². The van der Waals surface area contributed by atoms with Gasteiger partial charge in [0.2, 0.25) is 0 Å². The Morgan fingerprint density at radius 3 is 2.58 bits per heavy atom. The van der Waals surface area contributed by atoms with Crippen LogP contribution in [-0.2, 0) is 12.0 Å². The molecule has 2 aromatic rings. The Balaban J connectivity index is 1.64. The second-order valence-corrected chi connectivity index (χ2v) is 7.67. The van der Waals surface area contributed by atoms with E-state index in [1.807, 2.05) is 5.38 Å². The predicted octanol–water partition coefficient (Wildman–Crippen LogP) is 3.97. The smallest absolute Gasteiger partial charge is 0.315 e. The average molecular weight is 368 g/mol. The lowest BCUT2D eigenvalue weighted by molar-refractivity contribution is 0.236. The quantitative estimate of drug-likeness (QED) is 0.759. The van der Waals surface area contributed by atoms with E-state index in [0.29, 0.717) is 24.7 Å². The number of thiazole rings is 1. The van der Waals surface area contributed by atoms with Crippen LogP contribution >= 0.6 is 22.9 Å². The van der Waals surface area contributed by atoms with Gasteiger partial charge in [0.15, 0.2) is 0 Å². The molecule has 1 aromatic carbocycles. The summed E-state index contributed by atoms with van der Waals surface area (Å²) in [5, 5.41) is 9.14. The summed E-state index contributed by atoms with van der Waals surface area (Å²) in [5.74, 6) is 0.721. The molecule has 0 atom stereocenters. The van der Waals surface area contributed by atoms with Crippen molar-refractivity contribution in [3.8, 4) is 5.75 Å². The van der Waals surface area contributed by atoms with Crippen LogP contribution < -0.4 is 15.4 Å². The molecule has 0 spiro atoms. The lowest BCUT2D eigenvalue weighted by atomic mass is 9.93. The van der Waals surface area contributed by atoms with E-state index in [4.69, 9.17) is 16.3 Å². The first-order valence-corrected chi connectivity index (χ1v) is 8.95. The van der Waals surface area contributed by atoms with Crippen molar-refractivity contribution in [1.29, 1.82) is 0 Å². The van der Waals surface area contributed by atoms with Crippen LogP contribution in [0, 0.1) is 0 Å². The molecule has 0 aliphatic heterocycles. The molecule has 7 heteroatoms. The molecule has 2 rings (SSSR count). The lowest BCUT2D eigenvalue weighted by Gasteiger charge is -2.14. The summed E-state index contributed by atoms with van der Waals surface area (Å²) in [6.07, 6.45) is 0. The number of ether oxygens (including phenoxy) is 1. The number of hydrogen-bond acceptors (Lipinski definition) is 4. The zero-order valence-electron chi connectivity index (χ0n) is 14.1. The van der Waals surface area contributed by atoms with Crippen LogP contribution in [-0.4, -0.2) is 24.2 Å². The molecule has 130 valence electrons. The van der Waals surface area contributed by atoms with E-state index < -0.39 is 0 Å². The molecule has 5 nitrogen and oxygen atoms in total. The molecule has 2 amide bonds. The molecule has 24 heavy (non-hydrogen) atoms. The van der Waals surface area contributed by atoms with E-state index in [2.05, 4.69) is 36.4 Å². The summed E-state index contributed by atoms with van der Waals surface area (Å²) in [6, 6.07) is 6.87. The highest BCUT2D eigenvalue weighted by molar-refractivity contribution is 7.09. The molecule has 0 unspecified atom stereocenters. The number of nitrogens with one attached hydrogen (secondary N) is 2. The predicted molar refractivity (Wildman–Crippen MR) is 98.0 cm³/mol. The monoisotopic (exact) mass is 367 g/mol. The average Bonchev–Trinajstić information content (AvgIpc) is 3.00. The van der Waals surface area contributed by atoms with Crippen LogP contribution in [0.4, 0.5) is 4.79 Å². The Bertz CT molecular complexity index is 665. The Labute approximate surface area is 151 Å². The Hall–Kier alpha value is -1.79. The van der Waals surface area contributed by atoms with Crippen LogP contribution in [0.3, 0.4) is 0 Å². The summed E-state index contributed by atoms with van der Waals surface area (Å²) >= 11 is 7.36. The summed E-state index contributed by atoms with van der Waals surface area (Å²) in [5.41, 5.74) is 1.07. The molecule has 0 aliphatic carbocycles. The van der Waals surface area contributed by atoms with Gasteiger partial charge in [0.1, 0.15) is 17.4 Å². The molecule has 0 saturated heterocycles. The number of carbonyl (C=O) groups excluding carboxylic acids is 1. The number of nitrogens with zero attached hydrogens (tertiary/aromatic N) is 1. The fraction of sp³-hybridized carbons (Fsp3) is 0.412. The molecule has 1 heterocycles. The number of urea groups is 1. The number of carbonyl (C=O) groups is 1. The van der Waals surface area contributed by atoms with Crippen LogP contribution in [0.25, 0.3) is 0 Å². The highest BCUT2D eigenvalue weighted by Crippen LogP contribution is 2.23. The van der Waals surface area contributed by atoms with E-state index in [-0.39, 0.29) is 11.4 Å². The maximum Gasteiger partial charge on any atom is 0.315 e. The standard InChI is InChI=1S/C17H22ClN3O2S/c1-17(2,3)14-11-24-15(21-14)10-20-16(22)19-8-9-23-13-6-4-12(18)5-7-13/h4-7,11H,8-10H2,1-3H3,(H2,19,20,22). The maximum atomic E-state index is 11.8. The summed E-state index contributed by atoms with van der Waals surface area (Å²) in [6.45, 7) is 7.58. The molecule has 2 N–H and O–H groups in total. The van der Waals surface area contributed by atoms with Crippen molar-refractivity contribution in [2.45, 2.75) is 32.7 Å². The van der Waals surface area contributed by atoms with Gasteiger partial charge in [-0.05, 0) is 24.3 Å². The van der Waals surface area contributed by atoms with Gasteiger partial charge in [0.05, 0.1) is 18.8 Å². The third kappa shape index (κ3) is 6.02. The first kappa shape index (κ1) is 18.5. The minimum Gasteiger partial charge on any atom is -0.492 e. The maximum absolute atomic E-state index is 11.8. The first-order valence-electron chi connectivity index (χ1n) is 7.69. The fourth-order valence-corrected chi connectivity index (χ4v) is 2.91. The number of aromatic nitrogens is 1. The van der Waals surface area contributed by atoms with Gasteiger partial charge in [-0.25, -0.2) is 9.78 Å². The Morgan fingerprint density at radius 1 is 1.25 bits per heavy atom. The minimum absolute atomic E-state index is 0.0238. The SMILES string of the molecule is CC(C)(C)c1csc(CNC(=O)NCCOc2ccc(Cl)cc2)n1. The second kappa shape index (κ2) is 8.35. The highest BCUT2D eigenvalue weighted by Gasteiger charge is 2.17. The van der Waals surface area contributed by atoms with Gasteiger partial charge in [-0.1, -0.05) is 32.4 Å². The van der Waals surface area contributed by atoms with Gasteiger partial charge < -0.3 is 15.4 Å². The van der Waals surface area contributed by atoms with E-state index in [1.54, 1.807) is 35.6 Å². The second-order valence-electron chi connectivity index (χ2n) is 6.29. The van der Waals surface area contributed by atoms with Gasteiger partial charge in [0.25, 0.3) is 0 Å². The van der Waals surface area contributed by atoms with Crippen LogP contribution in [0.5, 0.6) is 5.75 Å². The van der Waals surface area contributed by atoms with E-state index >= 15 is 0 Å². The Morgan fingerprint density at radius 2 is 1.96 bits per heavy atom. The molecular formula is C17H22ClN3O2S. The topological polar surface area (TPSA) is 63.2 Å². The van der Waals surface area contributed by atoms with Crippen molar-refractivity contribution in [3.63, 3.8) is 0 Å². The van der Waals surface area contributed by atoms with Crippen LogP contribution in [0.1, 0.15) is 31.5 Å². The third-order valence-corrected chi connectivity index (χ3v) is 4.29. The summed E-state index contributed by atoms with van der Waals surface area (Å²) in [7, 11) is 0. The van der Waals surface area contributed by atoms with Gasteiger partial charge in [-0.3, -0.25) is 0 Å². The van der Waals surface area contributed by atoms with Crippen molar-refractivity contribution in [3.05, 3.63) is 45.4 Å². The molecule has 0 saturated carbocycles. The lowest BCUT2D eigenvalue weighted by Crippen LogP contribution is -2.37. The number of halogens is 1. The third-order valence-electron chi connectivity index (χ3n) is 3.19. The zero-order chi connectivity index (χ0) is 17.6. The van der Waals surface area contributed by atoms with Crippen molar-refractivity contribution >= 4 is 29.0 Å². The van der Waals surface area contributed by atoms with Gasteiger partial charge in [-0.2, -0.15) is 0 Å². The molecular weight excluding hydrogens is 346 g/mol. The molecule has 0 radical (unpaired) electrons. The number of rotatable bonds is 6. The van der Waals surface area contributed by atoms with Crippen molar-refractivity contribution in [2.75, 3.05) is 13.2 Å². The minimum atomic E-state index is -0.234. The first-order chi connectivity index (χ1) is 11.3. The molecule has 0 aliphatic rings. The van der Waals surface area contributed by atoms with Crippen molar-refractivity contribution in [2.24, 2.45) is 0 Å². The summed E-state index contributed by atoms with van der Waals surface area (Å²) in [4.78, 5) is 16.3. The largest absolute Gasteiger partial charge is 0.492 e. The van der Waals surface area contributed by atoms with E-state index in [9.17, 15) is 4.79 Å². The highest BCUT2D eigenvalue weighted by atomic mass is 35.5. The normalized spacial score (nSPS) is 11.2. The van der Waals surface area contributed by atoms with Crippen molar-refractivity contribution in [1.82, 2.24) is 15.6 Å². The molecule has 0 fully saturated rings. The van der Waals surface area contributed by atoms with E-state index in [0.717, 1.165) is 16.5 Å². The van der Waals surface area contributed by atoms with Crippen LogP contribution in [0.15, 0.2) is 29.6 Å². The zero-order valence-corrected chi connectivity index (χ0v) is 15.6. The number of amides is 2. The number of hydrogen-bond donors (Lipinski definition) is 2. The molecule has 0 bridgehead atoms. The van der Waals surface area contributed by atoms with E-state index in [1.165, 1.54) is 0 Å². The van der Waals surface area contributed by atoms with Crippen LogP contribution in [0.2, 0.25) is 5.02 Å². The molecule has 1 aromatic heterocycles. The van der Waals surface area contributed by atoms with Gasteiger partial charge in [-0.15, -0.1) is 11.3 Å². The number of benzene rings is 1. The van der Waals surface area contributed by atoms with Gasteiger partial charge >= 0.3 is 6.03 Å². The van der Waals surface area contributed by atoms with Crippen molar-refractivity contribution < 1.29 is 9.53 Å². The fourth-order valence-electron chi connectivity index (χ4n) is 1.82. The summed E-state index contributed by atoms with van der Waals surface area (Å²) < 4.78 is 5.50. The Kier molecular flexibility index (Phi) is 6.45.